The number of amides is 2. The zero-order valence-corrected chi connectivity index (χ0v) is 13.7. The number of hydrogen-bond acceptors (Lipinski definition) is 6. The zero-order chi connectivity index (χ0) is 18.4. The van der Waals surface area contributed by atoms with Crippen LogP contribution in [-0.2, 0) is 9.59 Å². The van der Waals surface area contributed by atoms with Gasteiger partial charge in [-0.15, -0.1) is 0 Å². The first-order valence-electron chi connectivity index (χ1n) is 7.92. The monoisotopic (exact) mass is 351 g/mol. The van der Waals surface area contributed by atoms with Gasteiger partial charge in [0, 0.05) is 5.69 Å². The number of aromatic hydroxyl groups is 1. The van der Waals surface area contributed by atoms with Gasteiger partial charge in [0.1, 0.15) is 11.8 Å². The molecule has 0 bridgehead atoms. The number of guanidine groups is 1. The number of carbonyl (C=O) groups excluding carboxylic acids is 2. The van der Waals surface area contributed by atoms with Crippen molar-refractivity contribution in [3.05, 3.63) is 60.2 Å². The molecule has 1 heterocycles. The van der Waals surface area contributed by atoms with Gasteiger partial charge in [0.15, 0.2) is 0 Å². The Morgan fingerprint density at radius 3 is 2.65 bits per heavy atom. The second kappa shape index (κ2) is 7.93. The van der Waals surface area contributed by atoms with Gasteiger partial charge in [-0.25, -0.2) is 10.4 Å². The first-order chi connectivity index (χ1) is 12.6. The van der Waals surface area contributed by atoms with Crippen LogP contribution < -0.4 is 16.1 Å². The number of para-hydroxylation sites is 1. The van der Waals surface area contributed by atoms with E-state index < -0.39 is 6.04 Å². The molecule has 0 spiro atoms. The molecule has 0 fully saturated rings. The highest BCUT2D eigenvalue weighted by Crippen LogP contribution is 2.10. The van der Waals surface area contributed by atoms with E-state index in [0.29, 0.717) is 5.69 Å². The normalized spacial score (nSPS) is 16.2. The first kappa shape index (κ1) is 17.2. The predicted molar refractivity (Wildman–Crippen MR) is 97.9 cm³/mol. The van der Waals surface area contributed by atoms with Crippen LogP contribution in [0.1, 0.15) is 12.0 Å². The number of phenolic OH excluding ortho intramolecular Hbond substituents is 1. The lowest BCUT2D eigenvalue weighted by atomic mass is 10.2. The Labute approximate surface area is 149 Å². The van der Waals surface area contributed by atoms with Gasteiger partial charge in [-0.05, 0) is 42.0 Å². The molecule has 1 aliphatic rings. The molecule has 0 saturated heterocycles. The third-order valence-electron chi connectivity index (χ3n) is 3.54. The lowest BCUT2D eigenvalue weighted by Crippen LogP contribution is -2.35. The highest BCUT2D eigenvalue weighted by molar-refractivity contribution is 6.07. The fraction of sp³-hybridized carbons (Fsp3) is 0.111. The number of rotatable bonds is 5. The minimum absolute atomic E-state index is 0.0619. The number of hydrazone groups is 1. The predicted octanol–water partition coefficient (Wildman–Crippen LogP) is 1.20. The molecule has 1 atom stereocenters. The van der Waals surface area contributed by atoms with Crippen molar-refractivity contribution in [2.45, 2.75) is 12.5 Å². The Morgan fingerprint density at radius 2 is 1.92 bits per heavy atom. The molecule has 8 heteroatoms. The topological polar surface area (TPSA) is 115 Å². The number of hydrogen-bond donors (Lipinski definition) is 4. The maximum atomic E-state index is 12.0. The standard InChI is InChI=1S/C18H17N5O3/c24-14-8-6-12(7-9-14)11-19-23-18-21-15(17(26)22-18)10-16(25)20-13-4-2-1-3-5-13/h1-9,11,15,24H,10H2,(H,20,25)(H2,21,22,23,26). The first-order valence-corrected chi connectivity index (χ1v) is 7.92. The quantitative estimate of drug-likeness (QED) is 0.478. The van der Waals surface area contributed by atoms with Crippen LogP contribution in [0.3, 0.4) is 0 Å². The molecule has 2 aromatic carbocycles. The van der Waals surface area contributed by atoms with E-state index in [1.165, 1.54) is 18.3 Å². The second-order valence-electron chi connectivity index (χ2n) is 5.56. The average molecular weight is 351 g/mol. The number of phenols is 1. The molecule has 4 N–H and O–H groups in total. The molecular formula is C18H17N5O3. The Balaban J connectivity index is 1.53. The number of nitrogens with one attached hydrogen (secondary N) is 3. The third-order valence-corrected chi connectivity index (χ3v) is 3.54. The van der Waals surface area contributed by atoms with Gasteiger partial charge in [0.2, 0.25) is 11.9 Å². The summed E-state index contributed by atoms with van der Waals surface area (Å²) in [5.41, 5.74) is 4.05. The highest BCUT2D eigenvalue weighted by atomic mass is 16.3. The maximum absolute atomic E-state index is 12.0. The van der Waals surface area contributed by atoms with E-state index in [1.807, 2.05) is 18.2 Å². The minimum atomic E-state index is -0.801. The van der Waals surface area contributed by atoms with E-state index in [9.17, 15) is 14.7 Å². The van der Waals surface area contributed by atoms with Crippen LogP contribution >= 0.6 is 0 Å². The Bertz CT molecular complexity index is 847. The van der Waals surface area contributed by atoms with Gasteiger partial charge < -0.3 is 10.4 Å². The van der Waals surface area contributed by atoms with E-state index in [1.54, 1.807) is 24.3 Å². The maximum Gasteiger partial charge on any atom is 0.252 e. The number of nitrogens with zero attached hydrogens (tertiary/aromatic N) is 2. The molecule has 1 aliphatic heterocycles. The Kier molecular flexibility index (Phi) is 5.23. The molecule has 2 amide bonds. The summed E-state index contributed by atoms with van der Waals surface area (Å²) in [6.07, 6.45) is 1.46. The van der Waals surface area contributed by atoms with Crippen LogP contribution in [0.2, 0.25) is 0 Å². The number of anilines is 1. The zero-order valence-electron chi connectivity index (χ0n) is 13.7. The van der Waals surface area contributed by atoms with Crippen LogP contribution in [0.5, 0.6) is 5.75 Å². The smallest absolute Gasteiger partial charge is 0.252 e. The van der Waals surface area contributed by atoms with Gasteiger partial charge in [0.05, 0.1) is 12.6 Å². The summed E-state index contributed by atoms with van der Waals surface area (Å²) in [7, 11) is 0. The summed E-state index contributed by atoms with van der Waals surface area (Å²) in [6, 6.07) is 14.6. The number of aliphatic imine (C=N–C) groups is 1. The van der Waals surface area contributed by atoms with Gasteiger partial charge >= 0.3 is 0 Å². The van der Waals surface area contributed by atoms with Crippen LogP contribution in [0.15, 0.2) is 64.7 Å². The van der Waals surface area contributed by atoms with E-state index in [0.717, 1.165) is 5.56 Å². The molecule has 8 nitrogen and oxygen atoms in total. The van der Waals surface area contributed by atoms with Gasteiger partial charge in [-0.1, -0.05) is 18.2 Å². The average Bonchev–Trinajstić information content (AvgIpc) is 2.97. The number of carbonyl (C=O) groups is 2. The Morgan fingerprint density at radius 1 is 1.19 bits per heavy atom. The SMILES string of the molecule is O=C(CC1N=C(NN=Cc2ccc(O)cc2)NC1=O)Nc1ccccc1. The summed E-state index contributed by atoms with van der Waals surface area (Å²) >= 11 is 0. The highest BCUT2D eigenvalue weighted by Gasteiger charge is 2.28. The lowest BCUT2D eigenvalue weighted by molar-refractivity contribution is -0.123. The summed E-state index contributed by atoms with van der Waals surface area (Å²) in [6.45, 7) is 0. The lowest BCUT2D eigenvalue weighted by Gasteiger charge is -2.06. The van der Waals surface area contributed by atoms with Crippen molar-refractivity contribution < 1.29 is 14.7 Å². The van der Waals surface area contributed by atoms with Gasteiger partial charge in [0.25, 0.3) is 5.91 Å². The molecule has 0 aromatic heterocycles. The van der Waals surface area contributed by atoms with E-state index in [2.05, 4.69) is 26.2 Å². The van der Waals surface area contributed by atoms with Crippen molar-refractivity contribution in [3.63, 3.8) is 0 Å². The largest absolute Gasteiger partial charge is 0.508 e. The van der Waals surface area contributed by atoms with Crippen LogP contribution in [0, 0.1) is 0 Å². The molecule has 0 saturated carbocycles. The number of benzene rings is 2. The van der Waals surface area contributed by atoms with Gasteiger partial charge in [-0.2, -0.15) is 5.10 Å². The molecule has 3 rings (SSSR count). The summed E-state index contributed by atoms with van der Waals surface area (Å²) in [4.78, 5) is 28.1. The molecule has 0 radical (unpaired) electrons. The van der Waals surface area contributed by atoms with Crippen molar-refractivity contribution in [2.24, 2.45) is 10.1 Å². The Hall–Kier alpha value is -3.68. The van der Waals surface area contributed by atoms with Crippen molar-refractivity contribution in [2.75, 3.05) is 5.32 Å². The summed E-state index contributed by atoms with van der Waals surface area (Å²) in [5.74, 6) is -0.314. The molecule has 26 heavy (non-hydrogen) atoms. The van der Waals surface area contributed by atoms with Gasteiger partial charge in [-0.3, -0.25) is 14.9 Å². The molecular weight excluding hydrogens is 334 g/mol. The van der Waals surface area contributed by atoms with E-state index in [4.69, 9.17) is 0 Å². The third kappa shape index (κ3) is 4.67. The van der Waals surface area contributed by atoms with Crippen molar-refractivity contribution in [1.29, 1.82) is 0 Å². The molecule has 2 aromatic rings. The molecule has 0 aliphatic carbocycles. The van der Waals surface area contributed by atoms with Crippen molar-refractivity contribution >= 4 is 29.7 Å². The van der Waals surface area contributed by atoms with Crippen LogP contribution in [-0.4, -0.2) is 35.1 Å². The van der Waals surface area contributed by atoms with Crippen LogP contribution in [0.4, 0.5) is 5.69 Å². The minimum Gasteiger partial charge on any atom is -0.508 e. The van der Waals surface area contributed by atoms with Crippen LogP contribution in [0.25, 0.3) is 0 Å². The van der Waals surface area contributed by atoms with E-state index in [-0.39, 0.29) is 29.9 Å². The summed E-state index contributed by atoms with van der Waals surface area (Å²) < 4.78 is 0. The second-order valence-corrected chi connectivity index (χ2v) is 5.56. The molecule has 132 valence electrons. The van der Waals surface area contributed by atoms with Crippen molar-refractivity contribution in [3.8, 4) is 5.75 Å². The summed E-state index contributed by atoms with van der Waals surface area (Å²) in [5, 5.41) is 18.4. The van der Waals surface area contributed by atoms with Crippen molar-refractivity contribution in [1.82, 2.24) is 10.7 Å². The molecule has 1 unspecified atom stereocenters. The van der Waals surface area contributed by atoms with E-state index >= 15 is 0 Å². The fourth-order valence-corrected chi connectivity index (χ4v) is 2.28. The fourth-order valence-electron chi connectivity index (χ4n) is 2.28.